The number of hydrogen-bond acceptors (Lipinski definition) is 5. The van der Waals surface area contributed by atoms with Crippen molar-refractivity contribution >= 4 is 17.7 Å². The summed E-state index contributed by atoms with van der Waals surface area (Å²) >= 11 is 1.57. The Morgan fingerprint density at radius 3 is 2.33 bits per heavy atom. The molecule has 0 bridgehead atoms. The number of hydrogen-bond donors (Lipinski definition) is 0. The summed E-state index contributed by atoms with van der Waals surface area (Å²) in [6.45, 7) is 4.46. The van der Waals surface area contributed by atoms with Crippen LogP contribution in [0.1, 0.15) is 35.7 Å². The molecular weight excluding hydrogens is 324 g/mol. The molecule has 0 aliphatic heterocycles. The average molecular weight is 346 g/mol. The maximum absolute atomic E-state index is 11.8. The lowest BCUT2D eigenvalue weighted by Gasteiger charge is -2.10. The van der Waals surface area contributed by atoms with Crippen molar-refractivity contribution in [3.05, 3.63) is 53.6 Å². The number of carbonyl (C=O) groups excluding carboxylic acids is 1. The Hall–Kier alpha value is -1.98. The van der Waals surface area contributed by atoms with Gasteiger partial charge in [0.15, 0.2) is 6.79 Å². The number of esters is 1. The minimum atomic E-state index is -0.394. The number of ether oxygens (including phenoxy) is 3. The molecule has 0 atom stereocenters. The van der Waals surface area contributed by atoms with Crippen molar-refractivity contribution in [1.29, 1.82) is 0 Å². The number of rotatable bonds is 7. The Kier molecular flexibility index (Phi) is 6.70. The first-order chi connectivity index (χ1) is 11.5. The summed E-state index contributed by atoms with van der Waals surface area (Å²) in [5.74, 6) is 0.677. The molecule has 0 spiro atoms. The van der Waals surface area contributed by atoms with Crippen LogP contribution in [0.25, 0.3) is 0 Å². The maximum Gasteiger partial charge on any atom is 0.338 e. The van der Waals surface area contributed by atoms with Gasteiger partial charge >= 0.3 is 5.97 Å². The summed E-state index contributed by atoms with van der Waals surface area (Å²) in [5.41, 5.74) is 1.75. The quantitative estimate of drug-likeness (QED) is 0.536. The Bertz CT molecular complexity index is 680. The molecule has 0 heterocycles. The summed E-state index contributed by atoms with van der Waals surface area (Å²) in [4.78, 5) is 13.8. The molecule has 0 N–H and O–H groups in total. The van der Waals surface area contributed by atoms with Gasteiger partial charge in [0, 0.05) is 16.9 Å². The molecule has 0 unspecified atom stereocenters. The molecule has 2 aromatic carbocycles. The van der Waals surface area contributed by atoms with Crippen LogP contribution in [0.3, 0.4) is 0 Å². The monoisotopic (exact) mass is 346 g/mol. The highest BCUT2D eigenvalue weighted by molar-refractivity contribution is 7.99. The predicted octanol–water partition coefficient (Wildman–Crippen LogP) is 4.73. The summed E-state index contributed by atoms with van der Waals surface area (Å²) in [7, 11) is 2.92. The van der Waals surface area contributed by atoms with Crippen LogP contribution in [0, 0.1) is 0 Å². The van der Waals surface area contributed by atoms with Gasteiger partial charge in [-0.2, -0.15) is 0 Å². The van der Waals surface area contributed by atoms with Crippen molar-refractivity contribution in [2.75, 3.05) is 21.0 Å². The van der Waals surface area contributed by atoms with E-state index in [0.29, 0.717) is 17.2 Å². The van der Waals surface area contributed by atoms with E-state index < -0.39 is 5.97 Å². The van der Waals surface area contributed by atoms with Crippen molar-refractivity contribution in [3.63, 3.8) is 0 Å². The first kappa shape index (κ1) is 18.4. The van der Waals surface area contributed by atoms with Crippen molar-refractivity contribution in [1.82, 2.24) is 0 Å². The third-order valence-electron chi connectivity index (χ3n) is 3.43. The number of carbonyl (C=O) groups is 1. The number of methoxy groups -OCH3 is 2. The third-order valence-corrected chi connectivity index (χ3v) is 4.41. The van der Waals surface area contributed by atoms with Crippen LogP contribution < -0.4 is 4.74 Å². The first-order valence-electron chi connectivity index (χ1n) is 7.66. The first-order valence-corrected chi connectivity index (χ1v) is 8.48. The predicted molar refractivity (Wildman–Crippen MR) is 94.9 cm³/mol. The highest BCUT2D eigenvalue weighted by atomic mass is 32.2. The van der Waals surface area contributed by atoms with Crippen molar-refractivity contribution in [2.24, 2.45) is 0 Å². The highest BCUT2D eigenvalue weighted by Gasteiger charge is 2.11. The molecule has 0 fully saturated rings. The molecule has 24 heavy (non-hydrogen) atoms. The van der Waals surface area contributed by atoms with Gasteiger partial charge in [-0.3, -0.25) is 0 Å². The Labute approximate surface area is 147 Å². The second kappa shape index (κ2) is 8.76. The number of benzene rings is 2. The van der Waals surface area contributed by atoms with Crippen LogP contribution in [0.2, 0.25) is 0 Å². The van der Waals surface area contributed by atoms with Crippen LogP contribution in [0.15, 0.2) is 52.3 Å². The molecule has 0 saturated heterocycles. The van der Waals surface area contributed by atoms with Crippen LogP contribution in [0.4, 0.5) is 0 Å². The maximum atomic E-state index is 11.8. The molecule has 0 saturated carbocycles. The molecule has 0 aliphatic rings. The van der Waals surface area contributed by atoms with Crippen LogP contribution >= 0.6 is 11.8 Å². The van der Waals surface area contributed by atoms with Gasteiger partial charge in [0.1, 0.15) is 5.75 Å². The Balaban J connectivity index is 2.25. The van der Waals surface area contributed by atoms with E-state index in [1.807, 2.05) is 6.07 Å². The molecule has 2 rings (SSSR count). The van der Waals surface area contributed by atoms with Gasteiger partial charge in [-0.1, -0.05) is 37.7 Å². The van der Waals surface area contributed by atoms with Gasteiger partial charge in [-0.25, -0.2) is 4.79 Å². The van der Waals surface area contributed by atoms with Gasteiger partial charge in [-0.15, -0.1) is 0 Å². The van der Waals surface area contributed by atoms with Gasteiger partial charge in [0.25, 0.3) is 0 Å². The Morgan fingerprint density at radius 1 is 1.04 bits per heavy atom. The minimum Gasteiger partial charge on any atom is -0.468 e. The normalized spacial score (nSPS) is 10.7. The Morgan fingerprint density at radius 2 is 1.75 bits per heavy atom. The molecule has 0 radical (unpaired) electrons. The lowest BCUT2D eigenvalue weighted by Crippen LogP contribution is -2.04. The van der Waals surface area contributed by atoms with E-state index in [9.17, 15) is 4.79 Å². The third kappa shape index (κ3) is 5.01. The topological polar surface area (TPSA) is 44.8 Å². The van der Waals surface area contributed by atoms with E-state index >= 15 is 0 Å². The second-order valence-corrected chi connectivity index (χ2v) is 6.71. The summed E-state index contributed by atoms with van der Waals surface area (Å²) in [6, 6.07) is 13.7. The van der Waals surface area contributed by atoms with E-state index in [1.54, 1.807) is 31.0 Å². The van der Waals surface area contributed by atoms with E-state index in [0.717, 1.165) is 9.79 Å². The molecule has 128 valence electrons. The molecular formula is C19H22O4S. The van der Waals surface area contributed by atoms with Crippen molar-refractivity contribution in [2.45, 2.75) is 29.6 Å². The van der Waals surface area contributed by atoms with Crippen LogP contribution in [0.5, 0.6) is 5.75 Å². The van der Waals surface area contributed by atoms with E-state index in [4.69, 9.17) is 14.2 Å². The SMILES string of the molecule is COCOc1cc(Sc2ccc(C(C)C)cc2)cc(C(=O)OC)c1. The highest BCUT2D eigenvalue weighted by Crippen LogP contribution is 2.32. The molecule has 0 aliphatic carbocycles. The van der Waals surface area contributed by atoms with Crippen molar-refractivity contribution in [3.8, 4) is 5.75 Å². The van der Waals surface area contributed by atoms with E-state index in [-0.39, 0.29) is 6.79 Å². The molecule has 0 aromatic heterocycles. The van der Waals surface area contributed by atoms with Crippen molar-refractivity contribution < 1.29 is 19.0 Å². The van der Waals surface area contributed by atoms with E-state index in [2.05, 4.69) is 38.1 Å². The fourth-order valence-corrected chi connectivity index (χ4v) is 3.04. The summed E-state index contributed by atoms with van der Waals surface area (Å²) in [5, 5.41) is 0. The minimum absolute atomic E-state index is 0.123. The van der Waals surface area contributed by atoms with Gasteiger partial charge in [-0.05, 0) is 41.8 Å². The summed E-state index contributed by atoms with van der Waals surface area (Å²) < 4.78 is 15.2. The lowest BCUT2D eigenvalue weighted by atomic mass is 10.0. The molecule has 2 aromatic rings. The van der Waals surface area contributed by atoms with Crippen LogP contribution in [-0.2, 0) is 9.47 Å². The lowest BCUT2D eigenvalue weighted by molar-refractivity contribution is 0.0502. The zero-order valence-corrected chi connectivity index (χ0v) is 15.2. The molecule has 0 amide bonds. The van der Waals surface area contributed by atoms with Crippen LogP contribution in [-0.4, -0.2) is 27.0 Å². The average Bonchev–Trinajstić information content (AvgIpc) is 2.59. The van der Waals surface area contributed by atoms with E-state index in [1.165, 1.54) is 12.7 Å². The smallest absolute Gasteiger partial charge is 0.338 e. The fraction of sp³-hybridized carbons (Fsp3) is 0.316. The second-order valence-electron chi connectivity index (χ2n) is 5.56. The molecule has 4 nitrogen and oxygen atoms in total. The largest absolute Gasteiger partial charge is 0.468 e. The van der Waals surface area contributed by atoms with Gasteiger partial charge in [0.05, 0.1) is 12.7 Å². The zero-order valence-electron chi connectivity index (χ0n) is 14.4. The standard InChI is InChI=1S/C19H22O4S/c1-13(2)14-5-7-17(8-6-14)24-18-10-15(19(20)22-4)9-16(11-18)23-12-21-3/h5-11,13H,12H2,1-4H3. The summed E-state index contributed by atoms with van der Waals surface area (Å²) in [6.07, 6.45) is 0. The fourth-order valence-electron chi connectivity index (χ4n) is 2.13. The van der Waals surface area contributed by atoms with Gasteiger partial charge in [0.2, 0.25) is 0 Å². The van der Waals surface area contributed by atoms with Gasteiger partial charge < -0.3 is 14.2 Å². The molecule has 5 heteroatoms. The zero-order chi connectivity index (χ0) is 17.5.